The van der Waals surface area contributed by atoms with Crippen LogP contribution in [0.2, 0.25) is 0 Å². The predicted molar refractivity (Wildman–Crippen MR) is 113 cm³/mol. The van der Waals surface area contributed by atoms with E-state index in [1.807, 2.05) is 12.1 Å². The monoisotopic (exact) mass is 437 g/mol. The molecule has 1 aliphatic rings. The van der Waals surface area contributed by atoms with E-state index in [4.69, 9.17) is 9.47 Å². The molecule has 0 spiro atoms. The fourth-order valence-corrected chi connectivity index (χ4v) is 3.94. The van der Waals surface area contributed by atoms with Crippen LogP contribution in [0.4, 0.5) is 16.0 Å². The van der Waals surface area contributed by atoms with Crippen molar-refractivity contribution in [1.82, 2.24) is 15.2 Å². The molecule has 0 saturated carbocycles. The number of pyridine rings is 1. The summed E-state index contributed by atoms with van der Waals surface area (Å²) >= 11 is 1.10. The quantitative estimate of drug-likeness (QED) is 0.331. The molecule has 0 amide bonds. The molecule has 0 unspecified atom stereocenters. The highest BCUT2D eigenvalue weighted by atomic mass is 32.1. The van der Waals surface area contributed by atoms with E-state index in [2.05, 4.69) is 25.8 Å². The molecular weight excluding hydrogens is 422 g/mol. The standard InChI is InChI=1S/C20H15N5O5S/c26-16-12(7-6-10-3-2-8-21-14(10)16)22-19-24-25-20(31-19)23-15(18(27)28)11-4-1-5-13-17(11)30-9-29-13/h1-8,15,26H,9H2,(H,22,24)(H,23,25)(H,27,28)/t15-/m0/s1. The van der Waals surface area contributed by atoms with Gasteiger partial charge >= 0.3 is 5.97 Å². The van der Waals surface area contributed by atoms with Gasteiger partial charge in [0, 0.05) is 17.1 Å². The van der Waals surface area contributed by atoms with Crippen LogP contribution in [0.25, 0.3) is 10.9 Å². The Kier molecular flexibility index (Phi) is 4.64. The number of aliphatic carboxylic acids is 1. The molecule has 5 rings (SSSR count). The summed E-state index contributed by atoms with van der Waals surface area (Å²) in [7, 11) is 0. The van der Waals surface area contributed by atoms with Crippen LogP contribution in [-0.4, -0.2) is 38.2 Å². The Morgan fingerprint density at radius 2 is 1.97 bits per heavy atom. The minimum Gasteiger partial charge on any atom is -0.504 e. The van der Waals surface area contributed by atoms with Crippen LogP contribution in [0.1, 0.15) is 11.6 Å². The van der Waals surface area contributed by atoms with Gasteiger partial charge in [-0.1, -0.05) is 35.6 Å². The summed E-state index contributed by atoms with van der Waals surface area (Å²) in [5, 5.41) is 35.6. The number of carboxylic acid groups (broad SMARTS) is 1. The summed E-state index contributed by atoms with van der Waals surface area (Å²) in [6.45, 7) is 0.0374. The molecule has 3 heterocycles. The maximum Gasteiger partial charge on any atom is 0.331 e. The Balaban J connectivity index is 1.39. The average Bonchev–Trinajstić information content (AvgIpc) is 3.43. The lowest BCUT2D eigenvalue weighted by Crippen LogP contribution is -2.20. The highest BCUT2D eigenvalue weighted by Crippen LogP contribution is 2.40. The Labute approximate surface area is 179 Å². The molecule has 10 nitrogen and oxygen atoms in total. The Morgan fingerprint density at radius 3 is 2.84 bits per heavy atom. The van der Waals surface area contributed by atoms with Crippen molar-refractivity contribution in [2.24, 2.45) is 0 Å². The number of aromatic nitrogens is 3. The summed E-state index contributed by atoms with van der Waals surface area (Å²) in [5.74, 6) is -0.237. The topological polar surface area (TPSA) is 139 Å². The average molecular weight is 437 g/mol. The third-order valence-electron chi connectivity index (χ3n) is 4.67. The van der Waals surface area contributed by atoms with E-state index in [9.17, 15) is 15.0 Å². The maximum absolute atomic E-state index is 11.9. The van der Waals surface area contributed by atoms with Gasteiger partial charge in [0.25, 0.3) is 0 Å². The molecule has 31 heavy (non-hydrogen) atoms. The van der Waals surface area contributed by atoms with Crippen molar-refractivity contribution in [2.45, 2.75) is 6.04 Å². The summed E-state index contributed by atoms with van der Waals surface area (Å²) in [4.78, 5) is 16.1. The normalized spacial score (nSPS) is 13.2. The fourth-order valence-electron chi connectivity index (χ4n) is 3.25. The smallest absolute Gasteiger partial charge is 0.331 e. The van der Waals surface area contributed by atoms with Gasteiger partial charge in [0.05, 0.1) is 5.69 Å². The van der Waals surface area contributed by atoms with Crippen LogP contribution in [0.3, 0.4) is 0 Å². The second-order valence-electron chi connectivity index (χ2n) is 6.57. The zero-order valence-corrected chi connectivity index (χ0v) is 16.6. The second kappa shape index (κ2) is 7.61. The predicted octanol–water partition coefficient (Wildman–Crippen LogP) is 3.50. The lowest BCUT2D eigenvalue weighted by atomic mass is 10.1. The summed E-state index contributed by atoms with van der Waals surface area (Å²) in [6, 6.07) is 11.1. The van der Waals surface area contributed by atoms with E-state index in [1.165, 1.54) is 0 Å². The minimum atomic E-state index is -1.12. The molecule has 1 atom stereocenters. The van der Waals surface area contributed by atoms with E-state index < -0.39 is 12.0 Å². The molecule has 0 aliphatic carbocycles. The van der Waals surface area contributed by atoms with E-state index in [1.54, 1.807) is 36.5 Å². The molecule has 2 aromatic carbocycles. The molecule has 11 heteroatoms. The van der Waals surface area contributed by atoms with Crippen LogP contribution < -0.4 is 20.1 Å². The number of phenols is 1. The van der Waals surface area contributed by atoms with Gasteiger partial charge in [-0.25, -0.2) is 4.79 Å². The molecule has 4 aromatic rings. The van der Waals surface area contributed by atoms with E-state index in [-0.39, 0.29) is 17.7 Å². The number of nitrogens with zero attached hydrogens (tertiary/aromatic N) is 3. The van der Waals surface area contributed by atoms with Crippen molar-refractivity contribution in [1.29, 1.82) is 0 Å². The summed E-state index contributed by atoms with van der Waals surface area (Å²) in [6.07, 6.45) is 1.60. The zero-order valence-electron chi connectivity index (χ0n) is 15.8. The van der Waals surface area contributed by atoms with Crippen molar-refractivity contribution in [3.63, 3.8) is 0 Å². The highest BCUT2D eigenvalue weighted by molar-refractivity contribution is 7.19. The van der Waals surface area contributed by atoms with Crippen molar-refractivity contribution < 1.29 is 24.5 Å². The molecule has 0 saturated heterocycles. The van der Waals surface area contributed by atoms with Crippen molar-refractivity contribution in [2.75, 3.05) is 17.4 Å². The number of fused-ring (bicyclic) bond motifs is 2. The largest absolute Gasteiger partial charge is 0.504 e. The van der Waals surface area contributed by atoms with Gasteiger partial charge in [0.1, 0.15) is 5.52 Å². The number of hydrogen-bond acceptors (Lipinski definition) is 10. The number of rotatable bonds is 6. The number of ether oxygens (including phenoxy) is 2. The van der Waals surface area contributed by atoms with Crippen molar-refractivity contribution >= 4 is 44.2 Å². The lowest BCUT2D eigenvalue weighted by Gasteiger charge is -2.15. The Hall–Kier alpha value is -4.12. The molecule has 4 N–H and O–H groups in total. The third kappa shape index (κ3) is 3.51. The number of aromatic hydroxyl groups is 1. The van der Waals surface area contributed by atoms with Crippen LogP contribution in [0.15, 0.2) is 48.7 Å². The summed E-state index contributed by atoms with van der Waals surface area (Å²) < 4.78 is 10.8. The number of anilines is 3. The van der Waals surface area contributed by atoms with E-state index >= 15 is 0 Å². The van der Waals surface area contributed by atoms with Crippen LogP contribution in [0, 0.1) is 0 Å². The number of nitrogens with one attached hydrogen (secondary N) is 2. The first-order valence-electron chi connectivity index (χ1n) is 9.15. The van der Waals surface area contributed by atoms with Crippen LogP contribution in [-0.2, 0) is 4.79 Å². The van der Waals surface area contributed by atoms with Gasteiger partial charge in [-0.05, 0) is 18.2 Å². The number of hydrogen-bond donors (Lipinski definition) is 4. The number of para-hydroxylation sites is 1. The van der Waals surface area contributed by atoms with Gasteiger partial charge in [-0.3, -0.25) is 4.98 Å². The molecule has 0 bridgehead atoms. The number of benzene rings is 2. The van der Waals surface area contributed by atoms with Gasteiger partial charge in [-0.15, -0.1) is 10.2 Å². The first kappa shape index (κ1) is 18.9. The molecule has 0 radical (unpaired) electrons. The SMILES string of the molecule is O=C(O)[C@@H](Nc1nnc(Nc2ccc3cccnc3c2O)s1)c1cccc2c1OCO2. The van der Waals surface area contributed by atoms with Crippen molar-refractivity contribution in [3.05, 3.63) is 54.2 Å². The molecule has 0 fully saturated rings. The first-order chi connectivity index (χ1) is 15.1. The summed E-state index contributed by atoms with van der Waals surface area (Å²) in [5.41, 5.74) is 1.29. The zero-order chi connectivity index (χ0) is 21.4. The lowest BCUT2D eigenvalue weighted by molar-refractivity contribution is -0.138. The molecular formula is C20H15N5O5S. The number of phenolic OH excluding ortho intramolecular Hbond substituents is 1. The van der Waals surface area contributed by atoms with Gasteiger partial charge in [0.15, 0.2) is 23.3 Å². The second-order valence-corrected chi connectivity index (χ2v) is 7.55. The Bertz CT molecular complexity index is 1290. The van der Waals surface area contributed by atoms with E-state index in [0.29, 0.717) is 33.4 Å². The molecule has 1 aliphatic heterocycles. The maximum atomic E-state index is 11.9. The first-order valence-corrected chi connectivity index (χ1v) is 9.97. The fraction of sp³-hybridized carbons (Fsp3) is 0.100. The van der Waals surface area contributed by atoms with Gasteiger partial charge in [-0.2, -0.15) is 0 Å². The minimum absolute atomic E-state index is 0.0109. The number of carboxylic acids is 1. The van der Waals surface area contributed by atoms with Crippen molar-refractivity contribution in [3.8, 4) is 17.2 Å². The number of carbonyl (C=O) groups is 1. The molecule has 156 valence electrons. The van der Waals surface area contributed by atoms with Gasteiger partial charge < -0.3 is 30.3 Å². The van der Waals surface area contributed by atoms with E-state index in [0.717, 1.165) is 16.7 Å². The third-order valence-corrected chi connectivity index (χ3v) is 5.44. The van der Waals surface area contributed by atoms with Crippen LogP contribution >= 0.6 is 11.3 Å². The van der Waals surface area contributed by atoms with Crippen LogP contribution in [0.5, 0.6) is 17.2 Å². The Morgan fingerprint density at radius 1 is 1.10 bits per heavy atom. The molecule has 2 aromatic heterocycles. The highest BCUT2D eigenvalue weighted by Gasteiger charge is 2.29. The van der Waals surface area contributed by atoms with Gasteiger partial charge in [0.2, 0.25) is 17.1 Å².